The molecule has 2 aliphatic heterocycles. The van der Waals surface area contributed by atoms with Gasteiger partial charge in [-0.15, -0.1) is 0 Å². The third-order valence-electron chi connectivity index (χ3n) is 6.06. The molecule has 0 radical (unpaired) electrons. The van der Waals surface area contributed by atoms with Crippen LogP contribution in [0, 0.1) is 17.8 Å². The Bertz CT molecular complexity index is 902. The van der Waals surface area contributed by atoms with E-state index in [0.29, 0.717) is 11.1 Å². The van der Waals surface area contributed by atoms with E-state index in [2.05, 4.69) is 32.3 Å². The quantitative estimate of drug-likeness (QED) is 0.505. The van der Waals surface area contributed by atoms with Crippen LogP contribution in [0.15, 0.2) is 18.2 Å². The third kappa shape index (κ3) is 7.93. The number of hydrogen-bond acceptors (Lipinski definition) is 7. The Morgan fingerprint density at radius 1 is 1.15 bits per heavy atom. The first-order valence-electron chi connectivity index (χ1n) is 12.1. The molecular formula is C26H38N4O4. The summed E-state index contributed by atoms with van der Waals surface area (Å²) < 4.78 is 10.1. The van der Waals surface area contributed by atoms with Crippen molar-refractivity contribution in [2.24, 2.45) is 5.92 Å². The molecule has 8 nitrogen and oxygen atoms in total. The number of methoxy groups -OCH3 is 1. The highest BCUT2D eigenvalue weighted by atomic mass is 16.6. The van der Waals surface area contributed by atoms with Crippen LogP contribution in [-0.2, 0) is 9.47 Å². The molecule has 2 aliphatic rings. The number of piperidine rings is 1. The Hall–Kier alpha value is -2.76. The average molecular weight is 471 g/mol. The zero-order valence-electron chi connectivity index (χ0n) is 20.9. The van der Waals surface area contributed by atoms with E-state index >= 15 is 0 Å². The summed E-state index contributed by atoms with van der Waals surface area (Å²) in [7, 11) is 1.36. The number of carbonyl (C=O) groups is 2. The van der Waals surface area contributed by atoms with Crippen LogP contribution >= 0.6 is 0 Å². The number of piperazine rings is 1. The molecular weight excluding hydrogens is 432 g/mol. The fourth-order valence-corrected chi connectivity index (χ4v) is 4.31. The van der Waals surface area contributed by atoms with Gasteiger partial charge in [-0.3, -0.25) is 4.90 Å². The lowest BCUT2D eigenvalue weighted by Gasteiger charge is -2.38. The lowest BCUT2D eigenvalue weighted by molar-refractivity contribution is 0.0533. The Balaban J connectivity index is 1.62. The minimum atomic E-state index is -0.568. The van der Waals surface area contributed by atoms with Crippen LogP contribution in [0.25, 0.3) is 0 Å². The number of anilines is 1. The van der Waals surface area contributed by atoms with Gasteiger partial charge in [0.1, 0.15) is 5.60 Å². The van der Waals surface area contributed by atoms with Crippen molar-refractivity contribution in [3.8, 4) is 11.8 Å². The van der Waals surface area contributed by atoms with E-state index in [9.17, 15) is 9.59 Å². The van der Waals surface area contributed by atoms with E-state index in [-0.39, 0.29) is 6.54 Å². The highest BCUT2D eigenvalue weighted by Crippen LogP contribution is 2.22. The van der Waals surface area contributed by atoms with Crippen molar-refractivity contribution in [1.29, 1.82) is 0 Å². The average Bonchev–Trinajstić information content (AvgIpc) is 2.81. The molecule has 0 bridgehead atoms. The topological polar surface area (TPSA) is 83.1 Å². The van der Waals surface area contributed by atoms with Gasteiger partial charge in [0.25, 0.3) is 0 Å². The zero-order valence-corrected chi connectivity index (χ0v) is 20.9. The second kappa shape index (κ2) is 12.1. The van der Waals surface area contributed by atoms with Crippen molar-refractivity contribution in [3.05, 3.63) is 29.3 Å². The summed E-state index contributed by atoms with van der Waals surface area (Å²) in [6.07, 6.45) is 2.01. The Kier molecular flexibility index (Phi) is 9.20. The first-order chi connectivity index (χ1) is 16.2. The number of carbonyl (C=O) groups excluding carboxylic acids is 2. The van der Waals surface area contributed by atoms with Crippen LogP contribution in [0.4, 0.5) is 10.5 Å². The second-order valence-corrected chi connectivity index (χ2v) is 9.86. The molecule has 1 aromatic rings. The molecule has 0 spiro atoms. The normalized spacial score (nSPS) is 17.5. The molecule has 0 saturated carbocycles. The minimum Gasteiger partial charge on any atom is -0.465 e. The Morgan fingerprint density at radius 3 is 2.50 bits per heavy atom. The van der Waals surface area contributed by atoms with Crippen molar-refractivity contribution >= 4 is 17.7 Å². The SMILES string of the molecule is COC(=O)c1ccc(N2CCN(CC3CCNCC3)CC2)cc1C#CCNC(=O)OC(C)(C)C. The molecule has 0 aromatic heterocycles. The molecule has 8 heteroatoms. The number of rotatable bonds is 5. The summed E-state index contributed by atoms with van der Waals surface area (Å²) in [5.41, 5.74) is 1.48. The first-order valence-corrected chi connectivity index (χ1v) is 12.1. The van der Waals surface area contributed by atoms with E-state index in [0.717, 1.165) is 50.9 Å². The highest BCUT2D eigenvalue weighted by molar-refractivity contribution is 5.93. The molecule has 2 fully saturated rings. The van der Waals surface area contributed by atoms with Gasteiger partial charge in [0.15, 0.2) is 0 Å². The molecule has 2 heterocycles. The van der Waals surface area contributed by atoms with Crippen LogP contribution in [0.2, 0.25) is 0 Å². The van der Waals surface area contributed by atoms with E-state index < -0.39 is 17.7 Å². The summed E-state index contributed by atoms with van der Waals surface area (Å²) in [4.78, 5) is 29.0. The van der Waals surface area contributed by atoms with Crippen molar-refractivity contribution in [2.75, 3.05) is 64.4 Å². The van der Waals surface area contributed by atoms with Crippen LogP contribution in [0.3, 0.4) is 0 Å². The maximum absolute atomic E-state index is 12.2. The monoisotopic (exact) mass is 470 g/mol. The van der Waals surface area contributed by atoms with Gasteiger partial charge in [-0.25, -0.2) is 9.59 Å². The van der Waals surface area contributed by atoms with E-state index in [1.807, 2.05) is 12.1 Å². The van der Waals surface area contributed by atoms with Gasteiger partial charge in [-0.05, 0) is 70.8 Å². The molecule has 0 atom stereocenters. The maximum atomic E-state index is 12.2. The Labute approximate surface area is 203 Å². The van der Waals surface area contributed by atoms with Crippen LogP contribution < -0.4 is 15.5 Å². The third-order valence-corrected chi connectivity index (χ3v) is 6.06. The van der Waals surface area contributed by atoms with Gasteiger partial charge in [-0.2, -0.15) is 0 Å². The minimum absolute atomic E-state index is 0.120. The fourth-order valence-electron chi connectivity index (χ4n) is 4.31. The first kappa shape index (κ1) is 25.9. The molecule has 34 heavy (non-hydrogen) atoms. The lowest BCUT2D eigenvalue weighted by atomic mass is 9.97. The molecule has 2 N–H and O–H groups in total. The second-order valence-electron chi connectivity index (χ2n) is 9.86. The van der Waals surface area contributed by atoms with Crippen LogP contribution in [0.5, 0.6) is 0 Å². The molecule has 0 aliphatic carbocycles. The predicted octanol–water partition coefficient (Wildman–Crippen LogP) is 2.47. The molecule has 1 aromatic carbocycles. The number of esters is 1. The summed E-state index contributed by atoms with van der Waals surface area (Å²) in [6.45, 7) is 12.9. The van der Waals surface area contributed by atoms with Crippen molar-refractivity contribution in [2.45, 2.75) is 39.2 Å². The number of benzene rings is 1. The van der Waals surface area contributed by atoms with Gasteiger partial charge in [0.2, 0.25) is 0 Å². The van der Waals surface area contributed by atoms with Gasteiger partial charge in [0, 0.05) is 44.0 Å². The largest absolute Gasteiger partial charge is 0.465 e. The lowest BCUT2D eigenvalue weighted by Crippen LogP contribution is -2.48. The zero-order chi connectivity index (χ0) is 24.6. The van der Waals surface area contributed by atoms with Crippen molar-refractivity contribution in [1.82, 2.24) is 15.5 Å². The van der Waals surface area contributed by atoms with E-state index in [4.69, 9.17) is 9.47 Å². The number of amides is 1. The van der Waals surface area contributed by atoms with Gasteiger partial charge >= 0.3 is 12.1 Å². The highest BCUT2D eigenvalue weighted by Gasteiger charge is 2.22. The number of ether oxygens (including phenoxy) is 2. The summed E-state index contributed by atoms with van der Waals surface area (Å²) in [5, 5.41) is 6.05. The molecule has 1 amide bonds. The van der Waals surface area contributed by atoms with Crippen LogP contribution in [0.1, 0.15) is 49.5 Å². The molecule has 2 saturated heterocycles. The van der Waals surface area contributed by atoms with Gasteiger partial charge in [0.05, 0.1) is 19.2 Å². The molecule has 186 valence electrons. The molecule has 0 unspecified atom stereocenters. The fraction of sp³-hybridized carbons (Fsp3) is 0.615. The molecule has 3 rings (SSSR count). The number of nitrogens with zero attached hydrogens (tertiary/aromatic N) is 2. The van der Waals surface area contributed by atoms with E-state index in [1.54, 1.807) is 26.8 Å². The van der Waals surface area contributed by atoms with Crippen molar-refractivity contribution in [3.63, 3.8) is 0 Å². The number of nitrogens with one attached hydrogen (secondary N) is 2. The van der Waals surface area contributed by atoms with Gasteiger partial charge in [-0.1, -0.05) is 11.8 Å². The summed E-state index contributed by atoms with van der Waals surface area (Å²) in [6, 6.07) is 5.67. The predicted molar refractivity (Wildman–Crippen MR) is 133 cm³/mol. The number of hydrogen-bond donors (Lipinski definition) is 2. The Morgan fingerprint density at radius 2 is 1.85 bits per heavy atom. The standard InChI is InChI=1S/C26H38N4O4/c1-26(2,3)34-25(32)28-11-5-6-21-18-22(7-8-23(21)24(31)33-4)30-16-14-29(15-17-30)19-20-9-12-27-13-10-20/h7-8,18,20,27H,9-17,19H2,1-4H3,(H,28,32). The van der Waals surface area contributed by atoms with Gasteiger partial charge < -0.3 is 25.0 Å². The van der Waals surface area contributed by atoms with E-state index in [1.165, 1.54) is 26.5 Å². The number of alkyl carbamates (subject to hydrolysis) is 1. The smallest absolute Gasteiger partial charge is 0.408 e. The maximum Gasteiger partial charge on any atom is 0.408 e. The summed E-state index contributed by atoms with van der Waals surface area (Å²) in [5.74, 6) is 6.31. The summed E-state index contributed by atoms with van der Waals surface area (Å²) >= 11 is 0. The van der Waals surface area contributed by atoms with Crippen LogP contribution in [-0.4, -0.2) is 82.0 Å². The van der Waals surface area contributed by atoms with Crippen molar-refractivity contribution < 1.29 is 19.1 Å².